The molecule has 1 fully saturated rings. The Morgan fingerprint density at radius 2 is 1.83 bits per heavy atom. The first-order valence-corrected chi connectivity index (χ1v) is 8.09. The maximum absolute atomic E-state index is 12.3. The highest BCUT2D eigenvalue weighted by Crippen LogP contribution is 2.37. The molecule has 0 amide bonds. The molecule has 0 aromatic heterocycles. The Bertz CT molecular complexity index is 514. The number of hydrogen-bond acceptors (Lipinski definition) is 4. The van der Waals surface area contributed by atoms with Crippen LogP contribution in [0.1, 0.15) is 25.7 Å². The molecule has 23 heavy (non-hydrogen) atoms. The van der Waals surface area contributed by atoms with E-state index in [2.05, 4.69) is 5.32 Å². The van der Waals surface area contributed by atoms with Crippen LogP contribution in [0.2, 0.25) is 0 Å². The Hall–Kier alpha value is -1.41. The van der Waals surface area contributed by atoms with Gasteiger partial charge in [0.25, 0.3) is 0 Å². The number of alkyl halides is 3. The first-order valence-electron chi connectivity index (χ1n) is 7.27. The van der Waals surface area contributed by atoms with Crippen molar-refractivity contribution in [2.24, 2.45) is 0 Å². The third-order valence-electron chi connectivity index (χ3n) is 3.58. The number of hydrogen-bond donors (Lipinski definition) is 2. The molecule has 128 valence electrons. The maximum Gasteiger partial charge on any atom is 0.446 e. The lowest BCUT2D eigenvalue weighted by Crippen LogP contribution is -2.30. The molecule has 0 atom stereocenters. The molecule has 0 spiro atoms. The van der Waals surface area contributed by atoms with Gasteiger partial charge in [-0.3, -0.25) is 0 Å². The number of anilines is 1. The number of ether oxygens (including phenoxy) is 1. The minimum atomic E-state index is -4.27. The molecular weight excluding hydrogens is 331 g/mol. The van der Waals surface area contributed by atoms with Crippen LogP contribution in [0.15, 0.2) is 29.2 Å². The van der Waals surface area contributed by atoms with E-state index < -0.39 is 11.5 Å². The molecule has 2 N–H and O–H groups in total. The van der Waals surface area contributed by atoms with Crippen LogP contribution in [0.4, 0.5) is 18.9 Å². The third kappa shape index (κ3) is 6.70. The van der Waals surface area contributed by atoms with Gasteiger partial charge in [-0.15, -0.1) is 0 Å². The van der Waals surface area contributed by atoms with Crippen LogP contribution < -0.4 is 5.32 Å². The van der Waals surface area contributed by atoms with Gasteiger partial charge in [0.05, 0.1) is 6.10 Å². The largest absolute Gasteiger partial charge is 0.480 e. The number of carbonyl (C=O) groups is 1. The van der Waals surface area contributed by atoms with Gasteiger partial charge in [0, 0.05) is 16.6 Å². The zero-order valence-electron chi connectivity index (χ0n) is 12.3. The van der Waals surface area contributed by atoms with Crippen molar-refractivity contribution in [1.29, 1.82) is 0 Å². The van der Waals surface area contributed by atoms with E-state index in [9.17, 15) is 18.0 Å². The molecular formula is C15H18F3NO3S. The van der Waals surface area contributed by atoms with Crippen molar-refractivity contribution in [3.8, 4) is 0 Å². The molecule has 0 aliphatic heterocycles. The smallest absolute Gasteiger partial charge is 0.446 e. The van der Waals surface area contributed by atoms with Gasteiger partial charge in [0.1, 0.15) is 6.61 Å². The van der Waals surface area contributed by atoms with E-state index in [0.29, 0.717) is 0 Å². The third-order valence-corrected chi connectivity index (χ3v) is 4.31. The lowest BCUT2D eigenvalue weighted by Gasteiger charge is -2.29. The molecule has 0 saturated heterocycles. The average Bonchev–Trinajstić information content (AvgIpc) is 2.47. The summed E-state index contributed by atoms with van der Waals surface area (Å²) >= 11 is -0.129. The van der Waals surface area contributed by atoms with Crippen LogP contribution in [0, 0.1) is 0 Å². The van der Waals surface area contributed by atoms with Gasteiger partial charge in [-0.25, -0.2) is 4.79 Å². The molecule has 1 aliphatic carbocycles. The van der Waals surface area contributed by atoms with Crippen LogP contribution in [0.3, 0.4) is 0 Å². The molecule has 0 radical (unpaired) electrons. The predicted molar refractivity (Wildman–Crippen MR) is 81.6 cm³/mol. The fourth-order valence-electron chi connectivity index (χ4n) is 2.55. The van der Waals surface area contributed by atoms with Crippen LogP contribution in [-0.4, -0.2) is 35.3 Å². The highest BCUT2D eigenvalue weighted by molar-refractivity contribution is 8.00. The molecule has 0 bridgehead atoms. The number of rotatable bonds is 6. The summed E-state index contributed by atoms with van der Waals surface area (Å²) in [6, 6.07) is 6.40. The van der Waals surface area contributed by atoms with Crippen LogP contribution in [-0.2, 0) is 9.53 Å². The summed E-state index contributed by atoms with van der Waals surface area (Å²) in [5.74, 6) is -0.970. The summed E-state index contributed by atoms with van der Waals surface area (Å²) in [4.78, 5) is 10.6. The number of aliphatic carboxylic acids is 1. The summed E-state index contributed by atoms with van der Waals surface area (Å²) in [7, 11) is 0. The van der Waals surface area contributed by atoms with Crippen molar-refractivity contribution in [2.75, 3.05) is 11.9 Å². The number of benzene rings is 1. The van der Waals surface area contributed by atoms with Gasteiger partial charge in [0.15, 0.2) is 0 Å². The lowest BCUT2D eigenvalue weighted by atomic mass is 9.93. The minimum absolute atomic E-state index is 0.0327. The summed E-state index contributed by atoms with van der Waals surface area (Å²) in [5, 5.41) is 11.9. The second-order valence-electron chi connectivity index (χ2n) is 5.39. The second-order valence-corrected chi connectivity index (χ2v) is 6.53. The highest BCUT2D eigenvalue weighted by atomic mass is 32.2. The van der Waals surface area contributed by atoms with E-state index in [0.717, 1.165) is 31.4 Å². The van der Waals surface area contributed by atoms with Crippen molar-refractivity contribution in [3.63, 3.8) is 0 Å². The van der Waals surface area contributed by atoms with E-state index >= 15 is 0 Å². The fourth-order valence-corrected chi connectivity index (χ4v) is 3.09. The molecule has 1 aliphatic rings. The number of nitrogens with one attached hydrogen (secondary N) is 1. The van der Waals surface area contributed by atoms with E-state index in [1.54, 1.807) is 12.1 Å². The van der Waals surface area contributed by atoms with E-state index in [-0.39, 0.29) is 35.4 Å². The highest BCUT2D eigenvalue weighted by Gasteiger charge is 2.29. The van der Waals surface area contributed by atoms with Crippen molar-refractivity contribution in [1.82, 2.24) is 0 Å². The van der Waals surface area contributed by atoms with Crippen LogP contribution in [0.25, 0.3) is 0 Å². The Kier molecular flexibility index (Phi) is 6.17. The molecule has 2 rings (SSSR count). The van der Waals surface area contributed by atoms with E-state index in [1.807, 2.05) is 0 Å². The Balaban J connectivity index is 1.77. The van der Waals surface area contributed by atoms with Gasteiger partial charge < -0.3 is 15.2 Å². The normalized spacial score (nSPS) is 21.9. The minimum Gasteiger partial charge on any atom is -0.480 e. The molecule has 1 saturated carbocycles. The van der Waals surface area contributed by atoms with Crippen molar-refractivity contribution >= 4 is 23.4 Å². The summed E-state index contributed by atoms with van der Waals surface area (Å²) in [6.45, 7) is -0.277. The SMILES string of the molecule is O=C(O)COC1CCC(Nc2ccc(SC(F)(F)F)cc2)CC1. The molecule has 8 heteroatoms. The number of carboxylic acids is 1. The molecule has 0 unspecified atom stereocenters. The van der Waals surface area contributed by atoms with E-state index in [1.165, 1.54) is 12.1 Å². The monoisotopic (exact) mass is 349 g/mol. The fraction of sp³-hybridized carbons (Fsp3) is 0.533. The molecule has 4 nitrogen and oxygen atoms in total. The van der Waals surface area contributed by atoms with Gasteiger partial charge in [-0.1, -0.05) is 0 Å². The summed E-state index contributed by atoms with van der Waals surface area (Å²) in [5.41, 5.74) is -3.49. The Morgan fingerprint density at radius 1 is 1.22 bits per heavy atom. The Labute approximate surface area is 136 Å². The van der Waals surface area contributed by atoms with Crippen molar-refractivity contribution < 1.29 is 27.8 Å². The van der Waals surface area contributed by atoms with Crippen molar-refractivity contribution in [2.45, 2.75) is 48.2 Å². The first kappa shape index (κ1) is 17.9. The summed E-state index contributed by atoms with van der Waals surface area (Å²) < 4.78 is 42.1. The maximum atomic E-state index is 12.3. The van der Waals surface area contributed by atoms with Crippen LogP contribution >= 0.6 is 11.8 Å². The van der Waals surface area contributed by atoms with Crippen LogP contribution in [0.5, 0.6) is 0 Å². The molecule has 0 heterocycles. The zero-order valence-corrected chi connectivity index (χ0v) is 13.1. The van der Waals surface area contributed by atoms with Crippen molar-refractivity contribution in [3.05, 3.63) is 24.3 Å². The molecule has 1 aromatic rings. The first-order chi connectivity index (χ1) is 10.8. The molecule has 1 aromatic carbocycles. The van der Waals surface area contributed by atoms with E-state index in [4.69, 9.17) is 9.84 Å². The Morgan fingerprint density at radius 3 is 2.35 bits per heavy atom. The van der Waals surface area contributed by atoms with Gasteiger partial charge in [0.2, 0.25) is 0 Å². The summed E-state index contributed by atoms with van der Waals surface area (Å²) in [6.07, 6.45) is 3.18. The van der Waals surface area contributed by atoms with Gasteiger partial charge in [-0.05, 0) is 61.7 Å². The quantitative estimate of drug-likeness (QED) is 0.757. The number of carboxylic acid groups (broad SMARTS) is 1. The number of thioether (sulfide) groups is 1. The predicted octanol–water partition coefficient (Wildman–Crippen LogP) is 4.12. The standard InChI is InChI=1S/C15H18F3NO3S/c16-15(17,18)23-13-7-3-11(4-8-13)19-10-1-5-12(6-2-10)22-9-14(20)21/h3-4,7-8,10,12,19H,1-2,5-6,9H2,(H,20,21). The lowest BCUT2D eigenvalue weighted by molar-refractivity contribution is -0.145. The van der Waals surface area contributed by atoms with Gasteiger partial charge >= 0.3 is 11.5 Å². The second kappa shape index (κ2) is 7.92. The average molecular weight is 349 g/mol. The van der Waals surface area contributed by atoms with Gasteiger partial charge in [-0.2, -0.15) is 13.2 Å². The zero-order chi connectivity index (χ0) is 16.9. The number of halogens is 3. The topological polar surface area (TPSA) is 58.6 Å².